The predicted molar refractivity (Wildman–Crippen MR) is 85.0 cm³/mol. The summed E-state index contributed by atoms with van der Waals surface area (Å²) in [6.45, 7) is 4.98. The molecule has 0 spiro atoms. The molecule has 6 nitrogen and oxygen atoms in total. The van der Waals surface area contributed by atoms with Crippen molar-refractivity contribution in [1.29, 1.82) is 0 Å². The molecule has 0 saturated carbocycles. The second-order valence-electron chi connectivity index (χ2n) is 4.72. The van der Waals surface area contributed by atoms with Crippen molar-refractivity contribution < 1.29 is 14.3 Å². The zero-order chi connectivity index (χ0) is 16.3. The molecule has 2 aromatic rings. The zero-order valence-corrected chi connectivity index (χ0v) is 12.7. The molecular weight excluding hydrogens is 284 g/mol. The molecule has 22 heavy (non-hydrogen) atoms. The van der Waals surface area contributed by atoms with Crippen LogP contribution in [0.5, 0.6) is 11.5 Å². The first-order chi connectivity index (χ1) is 10.5. The van der Waals surface area contributed by atoms with Crippen LogP contribution in [0.1, 0.15) is 27.2 Å². The first-order valence-corrected chi connectivity index (χ1v) is 6.93. The van der Waals surface area contributed by atoms with E-state index in [-0.39, 0.29) is 11.5 Å². The maximum absolute atomic E-state index is 12.2. The van der Waals surface area contributed by atoms with Crippen molar-refractivity contribution in [2.45, 2.75) is 27.2 Å². The highest BCUT2D eigenvalue weighted by atomic mass is 16.6. The van der Waals surface area contributed by atoms with E-state index in [2.05, 4.69) is 4.98 Å². The minimum atomic E-state index is -0.594. The van der Waals surface area contributed by atoms with Crippen LogP contribution in [0.3, 0.4) is 0 Å². The number of rotatable bonds is 4. The lowest BCUT2D eigenvalue weighted by Gasteiger charge is -2.14. The van der Waals surface area contributed by atoms with Crippen molar-refractivity contribution in [2.75, 3.05) is 5.73 Å². The maximum atomic E-state index is 12.2. The van der Waals surface area contributed by atoms with E-state index in [4.69, 9.17) is 15.2 Å². The number of aromatic amines is 1. The number of allylic oxidation sites excluding steroid dienone is 2. The fourth-order valence-electron chi connectivity index (χ4n) is 2.07. The number of H-pyrrole nitrogens is 1. The summed E-state index contributed by atoms with van der Waals surface area (Å²) in [5.41, 5.74) is 6.22. The van der Waals surface area contributed by atoms with Crippen LogP contribution >= 0.6 is 0 Å². The van der Waals surface area contributed by atoms with Gasteiger partial charge >= 0.3 is 5.97 Å². The first-order valence-electron chi connectivity index (χ1n) is 6.93. The van der Waals surface area contributed by atoms with E-state index in [1.165, 1.54) is 6.92 Å². The van der Waals surface area contributed by atoms with Gasteiger partial charge in [-0.1, -0.05) is 6.92 Å². The van der Waals surface area contributed by atoms with Crippen LogP contribution in [0.4, 0.5) is 5.69 Å². The van der Waals surface area contributed by atoms with Crippen LogP contribution in [0, 0.1) is 0 Å². The van der Waals surface area contributed by atoms with E-state index in [1.807, 2.05) is 13.8 Å². The SMILES string of the molecule is CC=C(CC)Oc1c(OC(C)=O)c(=O)[nH]c2cc(N)ccc12. The minimum absolute atomic E-state index is 0.155. The van der Waals surface area contributed by atoms with Crippen molar-refractivity contribution in [3.05, 3.63) is 40.4 Å². The second-order valence-corrected chi connectivity index (χ2v) is 4.72. The molecule has 0 aliphatic carbocycles. The Morgan fingerprint density at radius 1 is 1.32 bits per heavy atom. The Morgan fingerprint density at radius 3 is 2.64 bits per heavy atom. The molecule has 3 N–H and O–H groups in total. The monoisotopic (exact) mass is 302 g/mol. The summed E-state index contributed by atoms with van der Waals surface area (Å²) >= 11 is 0. The standard InChI is InChI=1S/C16H18N2O4/c1-4-11(5-2)22-14-12-7-6-10(17)8-13(12)18-16(20)15(14)21-9(3)19/h4,6-8H,5,17H2,1-3H3,(H,18,20). The van der Waals surface area contributed by atoms with Crippen LogP contribution in [0.15, 0.2) is 34.8 Å². The molecule has 1 aromatic heterocycles. The number of esters is 1. The minimum Gasteiger partial charge on any atom is -0.457 e. The van der Waals surface area contributed by atoms with Gasteiger partial charge in [-0.05, 0) is 31.2 Å². The molecule has 2 rings (SSSR count). The highest BCUT2D eigenvalue weighted by molar-refractivity contribution is 5.90. The third kappa shape index (κ3) is 3.11. The van der Waals surface area contributed by atoms with Gasteiger partial charge < -0.3 is 20.2 Å². The van der Waals surface area contributed by atoms with E-state index in [9.17, 15) is 9.59 Å². The van der Waals surface area contributed by atoms with Gasteiger partial charge in [-0.2, -0.15) is 0 Å². The fraction of sp³-hybridized carbons (Fsp3) is 0.250. The van der Waals surface area contributed by atoms with Crippen molar-refractivity contribution in [3.8, 4) is 11.5 Å². The van der Waals surface area contributed by atoms with Crippen molar-refractivity contribution in [1.82, 2.24) is 4.98 Å². The lowest BCUT2D eigenvalue weighted by Crippen LogP contribution is -2.16. The Morgan fingerprint density at radius 2 is 2.05 bits per heavy atom. The van der Waals surface area contributed by atoms with Crippen LogP contribution in [-0.4, -0.2) is 11.0 Å². The van der Waals surface area contributed by atoms with Gasteiger partial charge in [0.05, 0.1) is 11.3 Å². The van der Waals surface area contributed by atoms with E-state index < -0.39 is 11.5 Å². The Kier molecular flexibility index (Phi) is 4.50. The van der Waals surface area contributed by atoms with Crippen LogP contribution in [-0.2, 0) is 4.79 Å². The third-order valence-electron chi connectivity index (χ3n) is 3.10. The van der Waals surface area contributed by atoms with Gasteiger partial charge in [-0.3, -0.25) is 9.59 Å². The number of nitrogen functional groups attached to an aromatic ring is 1. The Hall–Kier alpha value is -2.76. The summed E-state index contributed by atoms with van der Waals surface area (Å²) in [5.74, 6) is 0.127. The number of anilines is 1. The number of carbonyl (C=O) groups excluding carboxylic acids is 1. The van der Waals surface area contributed by atoms with Gasteiger partial charge in [0.2, 0.25) is 5.75 Å². The van der Waals surface area contributed by atoms with Gasteiger partial charge in [0.1, 0.15) is 0 Å². The quantitative estimate of drug-likeness (QED) is 0.514. The van der Waals surface area contributed by atoms with Gasteiger partial charge in [0, 0.05) is 24.4 Å². The largest absolute Gasteiger partial charge is 0.457 e. The average molecular weight is 302 g/mol. The smallest absolute Gasteiger partial charge is 0.308 e. The molecule has 0 aliphatic heterocycles. The molecular formula is C16H18N2O4. The lowest BCUT2D eigenvalue weighted by atomic mass is 10.1. The summed E-state index contributed by atoms with van der Waals surface area (Å²) in [5, 5.41) is 0.609. The van der Waals surface area contributed by atoms with E-state index >= 15 is 0 Å². The Bertz CT molecular complexity index is 806. The lowest BCUT2D eigenvalue weighted by molar-refractivity contribution is -0.132. The number of nitrogens with one attached hydrogen (secondary N) is 1. The first kappa shape index (κ1) is 15.6. The molecule has 116 valence electrons. The van der Waals surface area contributed by atoms with Crippen molar-refractivity contribution >= 4 is 22.6 Å². The summed E-state index contributed by atoms with van der Waals surface area (Å²) in [6, 6.07) is 5.03. The van der Waals surface area contributed by atoms with Gasteiger partial charge in [0.25, 0.3) is 5.56 Å². The Labute approximate surface area is 127 Å². The summed E-state index contributed by atoms with van der Waals surface area (Å²) in [6.07, 6.45) is 2.43. The summed E-state index contributed by atoms with van der Waals surface area (Å²) in [4.78, 5) is 26.1. The number of carbonyl (C=O) groups is 1. The average Bonchev–Trinajstić information content (AvgIpc) is 2.46. The molecule has 0 fully saturated rings. The molecule has 0 atom stereocenters. The predicted octanol–water partition coefficient (Wildman–Crippen LogP) is 2.73. The van der Waals surface area contributed by atoms with Crippen LogP contribution in [0.25, 0.3) is 10.9 Å². The summed E-state index contributed by atoms with van der Waals surface area (Å²) < 4.78 is 10.8. The zero-order valence-electron chi connectivity index (χ0n) is 12.7. The topological polar surface area (TPSA) is 94.4 Å². The van der Waals surface area contributed by atoms with Crippen LogP contribution < -0.4 is 20.8 Å². The third-order valence-corrected chi connectivity index (χ3v) is 3.10. The number of ether oxygens (including phenoxy) is 2. The number of hydrogen-bond donors (Lipinski definition) is 2. The number of aromatic nitrogens is 1. The van der Waals surface area contributed by atoms with Crippen LogP contribution in [0.2, 0.25) is 0 Å². The van der Waals surface area contributed by atoms with E-state index in [1.54, 1.807) is 24.3 Å². The van der Waals surface area contributed by atoms with Crippen molar-refractivity contribution in [3.63, 3.8) is 0 Å². The number of benzene rings is 1. The Balaban J connectivity index is 2.74. The number of nitrogens with two attached hydrogens (primary N) is 1. The van der Waals surface area contributed by atoms with E-state index in [0.29, 0.717) is 28.8 Å². The maximum Gasteiger partial charge on any atom is 0.308 e. The highest BCUT2D eigenvalue weighted by Gasteiger charge is 2.18. The van der Waals surface area contributed by atoms with Gasteiger partial charge in [0.15, 0.2) is 5.75 Å². The van der Waals surface area contributed by atoms with Crippen molar-refractivity contribution in [2.24, 2.45) is 0 Å². The molecule has 0 radical (unpaired) electrons. The molecule has 6 heteroatoms. The van der Waals surface area contributed by atoms with Gasteiger partial charge in [-0.25, -0.2) is 0 Å². The molecule has 0 bridgehead atoms. The number of fused-ring (bicyclic) bond motifs is 1. The molecule has 0 amide bonds. The molecule has 1 heterocycles. The highest BCUT2D eigenvalue weighted by Crippen LogP contribution is 2.34. The second kappa shape index (κ2) is 6.34. The molecule has 0 aliphatic rings. The fourth-order valence-corrected chi connectivity index (χ4v) is 2.07. The normalized spacial score (nSPS) is 11.5. The molecule has 0 unspecified atom stereocenters. The van der Waals surface area contributed by atoms with E-state index in [0.717, 1.165) is 0 Å². The molecule has 1 aromatic carbocycles. The molecule has 0 saturated heterocycles. The van der Waals surface area contributed by atoms with Gasteiger partial charge in [-0.15, -0.1) is 0 Å². The number of hydrogen-bond acceptors (Lipinski definition) is 5. The summed E-state index contributed by atoms with van der Waals surface area (Å²) in [7, 11) is 0. The number of pyridine rings is 1.